The Bertz CT molecular complexity index is 1280. The second kappa shape index (κ2) is 9.74. The number of nitrogens with one attached hydrogen (secondary N) is 3. The second-order valence-electron chi connectivity index (χ2n) is 7.73. The van der Waals surface area contributed by atoms with Gasteiger partial charge in [0, 0.05) is 22.8 Å². The normalized spacial score (nSPS) is 14.2. The van der Waals surface area contributed by atoms with E-state index in [9.17, 15) is 18.0 Å². The van der Waals surface area contributed by atoms with Gasteiger partial charge in [0.25, 0.3) is 0 Å². The van der Waals surface area contributed by atoms with Crippen molar-refractivity contribution in [3.63, 3.8) is 0 Å². The molecule has 2 amide bonds. The Balaban J connectivity index is 1.58. The van der Waals surface area contributed by atoms with E-state index in [-0.39, 0.29) is 17.2 Å². The van der Waals surface area contributed by atoms with Crippen LogP contribution in [0.2, 0.25) is 5.02 Å². The lowest BCUT2D eigenvalue weighted by molar-refractivity contribution is -0.118. The van der Waals surface area contributed by atoms with Gasteiger partial charge in [-0.05, 0) is 66.4 Å². The van der Waals surface area contributed by atoms with Crippen molar-refractivity contribution in [3.05, 3.63) is 88.9 Å². The van der Waals surface area contributed by atoms with Crippen LogP contribution in [0.4, 0.5) is 11.4 Å². The van der Waals surface area contributed by atoms with Gasteiger partial charge in [-0.1, -0.05) is 41.9 Å². The van der Waals surface area contributed by atoms with Crippen molar-refractivity contribution in [2.75, 3.05) is 10.6 Å². The van der Waals surface area contributed by atoms with Gasteiger partial charge in [-0.15, -0.1) is 0 Å². The Kier molecular flexibility index (Phi) is 6.78. The summed E-state index contributed by atoms with van der Waals surface area (Å²) in [4.78, 5) is 24.7. The van der Waals surface area contributed by atoms with E-state index in [1.165, 1.54) is 12.1 Å². The maximum Gasteiger partial charge on any atom is 0.242 e. The van der Waals surface area contributed by atoms with Crippen LogP contribution in [0.3, 0.4) is 0 Å². The summed E-state index contributed by atoms with van der Waals surface area (Å²) in [6, 6.07) is 19.2. The van der Waals surface area contributed by atoms with Gasteiger partial charge in [0.05, 0.1) is 4.90 Å². The summed E-state index contributed by atoms with van der Waals surface area (Å²) in [7, 11) is -4.02. The molecule has 33 heavy (non-hydrogen) atoms. The predicted octanol–water partition coefficient (Wildman–Crippen LogP) is 3.75. The summed E-state index contributed by atoms with van der Waals surface area (Å²) in [6.45, 7) is 0. The van der Waals surface area contributed by atoms with E-state index in [1.807, 2.05) is 30.3 Å². The molecule has 0 fully saturated rings. The van der Waals surface area contributed by atoms with E-state index in [2.05, 4.69) is 15.4 Å². The number of hydrogen-bond acceptors (Lipinski definition) is 4. The van der Waals surface area contributed by atoms with E-state index in [4.69, 9.17) is 11.6 Å². The van der Waals surface area contributed by atoms with Crippen LogP contribution in [0.1, 0.15) is 17.5 Å². The van der Waals surface area contributed by atoms with Crippen LogP contribution in [0.5, 0.6) is 0 Å². The zero-order chi connectivity index (χ0) is 23.4. The van der Waals surface area contributed by atoms with Gasteiger partial charge in [0.2, 0.25) is 21.8 Å². The first-order valence-electron chi connectivity index (χ1n) is 10.4. The number of anilines is 2. The molecule has 0 saturated carbocycles. The summed E-state index contributed by atoms with van der Waals surface area (Å²) < 4.78 is 28.9. The van der Waals surface area contributed by atoms with Crippen LogP contribution in [-0.4, -0.2) is 26.3 Å². The van der Waals surface area contributed by atoms with Crippen LogP contribution in [0, 0.1) is 0 Å². The summed E-state index contributed by atoms with van der Waals surface area (Å²) >= 11 is 5.90. The molecule has 1 heterocycles. The number of rotatable bonds is 7. The Morgan fingerprint density at radius 3 is 2.45 bits per heavy atom. The standard InChI is InChI=1S/C24H22ClN3O4S/c25-18-7-9-19(10-8-18)26-24(30)22(14-16-4-2-1-3-5-16)28-33(31,32)20-11-12-21-17(15-20)6-13-23(29)27-21/h1-5,7-12,15,22,28H,6,13-14H2,(H,26,30)(H,27,29)/t22-/m0/s1. The van der Waals surface area contributed by atoms with Gasteiger partial charge < -0.3 is 10.6 Å². The van der Waals surface area contributed by atoms with Gasteiger partial charge in [-0.25, -0.2) is 8.42 Å². The Morgan fingerprint density at radius 2 is 1.73 bits per heavy atom. The molecule has 1 aliphatic heterocycles. The van der Waals surface area contributed by atoms with Crippen molar-refractivity contribution < 1.29 is 18.0 Å². The molecule has 0 spiro atoms. The summed E-state index contributed by atoms with van der Waals surface area (Å²) in [5.41, 5.74) is 2.66. The summed E-state index contributed by atoms with van der Waals surface area (Å²) in [5, 5.41) is 6.01. The van der Waals surface area contributed by atoms with Crippen molar-refractivity contribution in [1.82, 2.24) is 4.72 Å². The molecule has 3 aromatic carbocycles. The van der Waals surface area contributed by atoms with Gasteiger partial charge in [-0.3, -0.25) is 9.59 Å². The lowest BCUT2D eigenvalue weighted by atomic mass is 10.0. The van der Waals surface area contributed by atoms with Gasteiger partial charge in [0.1, 0.15) is 6.04 Å². The first-order valence-corrected chi connectivity index (χ1v) is 12.2. The molecule has 1 aliphatic rings. The molecular weight excluding hydrogens is 462 g/mol. The highest BCUT2D eigenvalue weighted by atomic mass is 35.5. The number of amides is 2. The highest BCUT2D eigenvalue weighted by Crippen LogP contribution is 2.26. The van der Waals surface area contributed by atoms with E-state index >= 15 is 0 Å². The zero-order valence-corrected chi connectivity index (χ0v) is 19.1. The molecule has 3 N–H and O–H groups in total. The summed E-state index contributed by atoms with van der Waals surface area (Å²) in [6.07, 6.45) is 0.916. The number of aryl methyl sites for hydroxylation is 1. The van der Waals surface area contributed by atoms with Gasteiger partial charge >= 0.3 is 0 Å². The highest BCUT2D eigenvalue weighted by molar-refractivity contribution is 7.89. The van der Waals surface area contributed by atoms with Crippen LogP contribution >= 0.6 is 11.6 Å². The van der Waals surface area contributed by atoms with Crippen molar-refractivity contribution in [3.8, 4) is 0 Å². The average Bonchev–Trinajstić information content (AvgIpc) is 2.80. The fourth-order valence-electron chi connectivity index (χ4n) is 3.58. The second-order valence-corrected chi connectivity index (χ2v) is 9.88. The first-order chi connectivity index (χ1) is 15.8. The minimum Gasteiger partial charge on any atom is -0.326 e. The molecule has 1 atom stereocenters. The maximum atomic E-state index is 13.2. The number of benzene rings is 3. The van der Waals surface area contributed by atoms with Crippen LogP contribution in [0.25, 0.3) is 0 Å². The lowest BCUT2D eigenvalue weighted by Crippen LogP contribution is -2.45. The van der Waals surface area contributed by atoms with Crippen LogP contribution < -0.4 is 15.4 Å². The zero-order valence-electron chi connectivity index (χ0n) is 17.5. The number of sulfonamides is 1. The van der Waals surface area contributed by atoms with Crippen molar-refractivity contribution in [2.45, 2.75) is 30.2 Å². The minimum atomic E-state index is -4.02. The van der Waals surface area contributed by atoms with E-state index in [1.54, 1.807) is 30.3 Å². The molecule has 9 heteroatoms. The predicted molar refractivity (Wildman–Crippen MR) is 128 cm³/mol. The van der Waals surface area contributed by atoms with Crippen molar-refractivity contribution in [1.29, 1.82) is 0 Å². The molecule has 7 nitrogen and oxygen atoms in total. The van der Waals surface area contributed by atoms with Crippen LogP contribution in [-0.2, 0) is 32.5 Å². The average molecular weight is 484 g/mol. The lowest BCUT2D eigenvalue weighted by Gasteiger charge is -2.21. The number of carbonyl (C=O) groups excluding carboxylic acids is 2. The fourth-order valence-corrected chi connectivity index (χ4v) is 4.95. The van der Waals surface area contributed by atoms with Gasteiger partial charge in [0.15, 0.2) is 0 Å². The molecule has 0 saturated heterocycles. The fraction of sp³-hybridized carbons (Fsp3) is 0.167. The van der Waals surface area contributed by atoms with E-state index in [0.29, 0.717) is 29.2 Å². The first kappa shape index (κ1) is 23.0. The van der Waals surface area contributed by atoms with E-state index in [0.717, 1.165) is 11.1 Å². The third kappa shape index (κ3) is 5.78. The largest absolute Gasteiger partial charge is 0.326 e. The third-order valence-electron chi connectivity index (χ3n) is 5.29. The molecular formula is C24H22ClN3O4S. The molecule has 0 aromatic heterocycles. The molecule has 0 radical (unpaired) electrons. The topological polar surface area (TPSA) is 104 Å². The molecule has 3 aromatic rings. The molecule has 0 bridgehead atoms. The van der Waals surface area contributed by atoms with E-state index < -0.39 is 22.0 Å². The molecule has 4 rings (SSSR count). The van der Waals surface area contributed by atoms with Gasteiger partial charge in [-0.2, -0.15) is 4.72 Å². The number of fused-ring (bicyclic) bond motifs is 1. The Hall–Kier alpha value is -3.20. The summed E-state index contributed by atoms with van der Waals surface area (Å²) in [5.74, 6) is -0.590. The quantitative estimate of drug-likeness (QED) is 0.476. The number of hydrogen-bond donors (Lipinski definition) is 3. The van der Waals surface area contributed by atoms with Crippen molar-refractivity contribution in [2.24, 2.45) is 0 Å². The minimum absolute atomic E-state index is 0.0368. The van der Waals surface area contributed by atoms with Crippen LogP contribution in [0.15, 0.2) is 77.7 Å². The Labute approximate surface area is 197 Å². The molecule has 170 valence electrons. The Morgan fingerprint density at radius 1 is 1.00 bits per heavy atom. The molecule has 0 unspecified atom stereocenters. The smallest absolute Gasteiger partial charge is 0.242 e. The maximum absolute atomic E-state index is 13.2. The SMILES string of the molecule is O=C1CCc2cc(S(=O)(=O)N[C@@H](Cc3ccccc3)C(=O)Nc3ccc(Cl)cc3)ccc2N1. The molecule has 0 aliphatic carbocycles. The monoisotopic (exact) mass is 483 g/mol. The third-order valence-corrected chi connectivity index (χ3v) is 7.01. The number of halogens is 1. The highest BCUT2D eigenvalue weighted by Gasteiger charge is 2.27. The van der Waals surface area contributed by atoms with Crippen molar-refractivity contribution >= 4 is 44.8 Å². The number of carbonyl (C=O) groups is 2.